The van der Waals surface area contributed by atoms with Crippen LogP contribution in [-0.4, -0.2) is 31.0 Å². The summed E-state index contributed by atoms with van der Waals surface area (Å²) >= 11 is 0. The van der Waals surface area contributed by atoms with Crippen LogP contribution in [0, 0.1) is 0 Å². The Morgan fingerprint density at radius 2 is 1.75 bits per heavy atom. The molecule has 0 N–H and O–H groups in total. The molecule has 0 aliphatic carbocycles. The molecule has 3 nitrogen and oxygen atoms in total. The zero-order chi connectivity index (χ0) is 13.5. The molecule has 0 fully saturated rings. The second-order valence-corrected chi connectivity index (χ2v) is 5.31. The molecule has 2 aromatic rings. The molecule has 20 heavy (non-hydrogen) atoms. The van der Waals surface area contributed by atoms with Crippen molar-refractivity contribution in [3.05, 3.63) is 65.7 Å². The Balaban J connectivity index is 1.93. The van der Waals surface area contributed by atoms with Crippen LogP contribution in [0.2, 0.25) is 0 Å². The van der Waals surface area contributed by atoms with Gasteiger partial charge in [0.1, 0.15) is 0 Å². The molecule has 2 heterocycles. The topological polar surface area (TPSA) is 18.8 Å². The van der Waals surface area contributed by atoms with E-state index in [4.69, 9.17) is 0 Å². The number of nitrogens with zero attached hydrogens (tertiary/aromatic N) is 3. The van der Waals surface area contributed by atoms with Gasteiger partial charge in [-0.2, -0.15) is 0 Å². The Hall–Kier alpha value is -2.29. The minimum Gasteiger partial charge on any atom is -0.329 e. The van der Waals surface area contributed by atoms with E-state index < -0.39 is 0 Å². The molecular weight excluding hydrogens is 246 g/mol. The van der Waals surface area contributed by atoms with Gasteiger partial charge in [-0.05, 0) is 11.6 Å². The number of para-hydroxylation sites is 1. The highest BCUT2D eigenvalue weighted by Gasteiger charge is 2.36. The van der Waals surface area contributed by atoms with Crippen molar-refractivity contribution < 1.29 is 0 Å². The molecule has 2 aliphatic heterocycles. The summed E-state index contributed by atoms with van der Waals surface area (Å²) in [6, 6.07) is 19.6. The first-order chi connectivity index (χ1) is 9.86. The van der Waals surface area contributed by atoms with Gasteiger partial charge < -0.3 is 9.80 Å². The molecular formula is C17H17N3. The molecule has 0 radical (unpaired) electrons. The van der Waals surface area contributed by atoms with Crippen molar-refractivity contribution in [1.29, 1.82) is 0 Å². The molecule has 0 amide bonds. The molecule has 0 bridgehead atoms. The van der Waals surface area contributed by atoms with Gasteiger partial charge in [0.25, 0.3) is 0 Å². The summed E-state index contributed by atoms with van der Waals surface area (Å²) in [5.41, 5.74) is 3.96. The lowest BCUT2D eigenvalue weighted by atomic mass is 9.93. The van der Waals surface area contributed by atoms with E-state index in [1.165, 1.54) is 16.8 Å². The largest absolute Gasteiger partial charge is 0.329 e. The number of benzene rings is 2. The van der Waals surface area contributed by atoms with Crippen molar-refractivity contribution in [2.45, 2.75) is 6.04 Å². The molecule has 0 aromatic heterocycles. The zero-order valence-corrected chi connectivity index (χ0v) is 11.5. The highest BCUT2D eigenvalue weighted by Crippen LogP contribution is 2.40. The van der Waals surface area contributed by atoms with E-state index in [1.807, 2.05) is 0 Å². The van der Waals surface area contributed by atoms with Crippen LogP contribution in [0.1, 0.15) is 17.2 Å². The van der Waals surface area contributed by atoms with Gasteiger partial charge in [-0.15, -0.1) is 0 Å². The highest BCUT2D eigenvalue weighted by atomic mass is 15.4. The number of rotatable bonds is 1. The van der Waals surface area contributed by atoms with Crippen LogP contribution in [0.5, 0.6) is 0 Å². The van der Waals surface area contributed by atoms with Crippen LogP contribution < -0.4 is 4.90 Å². The van der Waals surface area contributed by atoms with Gasteiger partial charge in [0.05, 0.1) is 12.6 Å². The van der Waals surface area contributed by atoms with E-state index in [-0.39, 0.29) is 6.04 Å². The summed E-state index contributed by atoms with van der Waals surface area (Å²) in [4.78, 5) is 9.31. The third-order valence-electron chi connectivity index (χ3n) is 4.17. The predicted octanol–water partition coefficient (Wildman–Crippen LogP) is 2.90. The van der Waals surface area contributed by atoms with Crippen molar-refractivity contribution in [3.8, 4) is 0 Å². The summed E-state index contributed by atoms with van der Waals surface area (Å²) < 4.78 is 0. The van der Waals surface area contributed by atoms with Crippen molar-refractivity contribution in [2.75, 3.05) is 25.0 Å². The standard InChI is InChI=1S/C17H17N3/c1-19-15-10-6-5-9-14(15)16(13-7-3-2-4-8-13)20-12-11-18-17(19)20/h2-10,16H,11-12H2,1H3. The van der Waals surface area contributed by atoms with Crippen LogP contribution >= 0.6 is 0 Å². The van der Waals surface area contributed by atoms with Gasteiger partial charge in [-0.3, -0.25) is 4.99 Å². The number of fused-ring (bicyclic) bond motifs is 2. The monoisotopic (exact) mass is 263 g/mol. The van der Waals surface area contributed by atoms with Gasteiger partial charge in [-0.25, -0.2) is 0 Å². The summed E-state index contributed by atoms with van der Waals surface area (Å²) in [6.07, 6.45) is 0. The number of hydrogen-bond donors (Lipinski definition) is 0. The molecule has 4 rings (SSSR count). The summed E-state index contributed by atoms with van der Waals surface area (Å²) in [5, 5.41) is 0. The van der Waals surface area contributed by atoms with Crippen molar-refractivity contribution in [2.24, 2.45) is 4.99 Å². The Kier molecular flexibility index (Phi) is 2.52. The molecule has 2 aromatic carbocycles. The SMILES string of the molecule is CN1C2=NCCN2C(c2ccccc2)c2ccccc21. The maximum atomic E-state index is 4.68. The van der Waals surface area contributed by atoms with Crippen LogP contribution in [-0.2, 0) is 0 Å². The van der Waals surface area contributed by atoms with E-state index >= 15 is 0 Å². The minimum absolute atomic E-state index is 0.282. The molecule has 0 spiro atoms. The number of anilines is 1. The fourth-order valence-corrected chi connectivity index (χ4v) is 3.29. The van der Waals surface area contributed by atoms with Gasteiger partial charge in [-0.1, -0.05) is 48.5 Å². The maximum absolute atomic E-state index is 4.68. The fourth-order valence-electron chi connectivity index (χ4n) is 3.29. The Bertz CT molecular complexity index is 663. The quantitative estimate of drug-likeness (QED) is 0.788. The van der Waals surface area contributed by atoms with Crippen LogP contribution in [0.3, 0.4) is 0 Å². The van der Waals surface area contributed by atoms with E-state index in [1.54, 1.807) is 0 Å². The summed E-state index contributed by atoms with van der Waals surface area (Å²) in [6.45, 7) is 1.88. The molecule has 1 atom stereocenters. The van der Waals surface area contributed by atoms with Crippen LogP contribution in [0.25, 0.3) is 0 Å². The third-order valence-corrected chi connectivity index (χ3v) is 4.17. The minimum atomic E-state index is 0.282. The zero-order valence-electron chi connectivity index (χ0n) is 11.5. The van der Waals surface area contributed by atoms with E-state index in [2.05, 4.69) is 76.4 Å². The molecule has 100 valence electrons. The second-order valence-electron chi connectivity index (χ2n) is 5.31. The van der Waals surface area contributed by atoms with Gasteiger partial charge >= 0.3 is 0 Å². The van der Waals surface area contributed by atoms with Crippen LogP contribution in [0.4, 0.5) is 5.69 Å². The number of guanidine groups is 1. The number of hydrogen-bond acceptors (Lipinski definition) is 3. The van der Waals surface area contributed by atoms with Crippen molar-refractivity contribution >= 4 is 11.6 Å². The highest BCUT2D eigenvalue weighted by molar-refractivity contribution is 6.00. The summed E-state index contributed by atoms with van der Waals surface area (Å²) in [5.74, 6) is 1.09. The lowest BCUT2D eigenvalue weighted by molar-refractivity contribution is 0.376. The summed E-state index contributed by atoms with van der Waals surface area (Å²) in [7, 11) is 2.11. The average Bonchev–Trinajstić information content (AvgIpc) is 2.98. The Morgan fingerprint density at radius 1 is 1.00 bits per heavy atom. The van der Waals surface area contributed by atoms with E-state index in [0.717, 1.165) is 19.0 Å². The van der Waals surface area contributed by atoms with E-state index in [9.17, 15) is 0 Å². The average molecular weight is 263 g/mol. The van der Waals surface area contributed by atoms with Crippen LogP contribution in [0.15, 0.2) is 59.6 Å². The van der Waals surface area contributed by atoms with Gasteiger partial charge in [0.15, 0.2) is 0 Å². The second kappa shape index (κ2) is 4.37. The Labute approximate surface area is 119 Å². The normalized spacial score (nSPS) is 20.4. The molecule has 0 saturated heterocycles. The molecule has 1 unspecified atom stereocenters. The third kappa shape index (κ3) is 1.56. The van der Waals surface area contributed by atoms with Gasteiger partial charge in [0.2, 0.25) is 5.96 Å². The molecule has 0 saturated carbocycles. The predicted molar refractivity (Wildman–Crippen MR) is 82.1 cm³/mol. The van der Waals surface area contributed by atoms with Crippen molar-refractivity contribution in [3.63, 3.8) is 0 Å². The first-order valence-corrected chi connectivity index (χ1v) is 7.05. The molecule has 2 aliphatic rings. The first-order valence-electron chi connectivity index (χ1n) is 7.05. The maximum Gasteiger partial charge on any atom is 0.201 e. The lowest BCUT2D eigenvalue weighted by Crippen LogP contribution is -2.46. The first kappa shape index (κ1) is 11.5. The smallest absolute Gasteiger partial charge is 0.201 e. The van der Waals surface area contributed by atoms with Gasteiger partial charge in [0, 0.05) is 24.8 Å². The van der Waals surface area contributed by atoms with Crippen molar-refractivity contribution in [1.82, 2.24) is 4.90 Å². The molecule has 3 heteroatoms. The van der Waals surface area contributed by atoms with E-state index in [0.29, 0.717) is 0 Å². The Morgan fingerprint density at radius 3 is 2.60 bits per heavy atom. The fraction of sp³-hybridized carbons (Fsp3) is 0.235. The lowest BCUT2D eigenvalue weighted by Gasteiger charge is -2.41. The number of aliphatic imine (C=N–C) groups is 1.